The maximum absolute atomic E-state index is 13.1. The summed E-state index contributed by atoms with van der Waals surface area (Å²) in [5.41, 5.74) is 2.02. The SMILES string of the molecule is CC(=O)N(C[C@H]1O[C@@H](CCCOCc2ccccc2)[C@@H](C)C[C@@H]1O[Si](C)(C)C(C)(C)C)C(=O)OCc1ccccc1. The minimum atomic E-state index is -2.14. The van der Waals surface area contributed by atoms with Crippen molar-refractivity contribution in [3.8, 4) is 0 Å². The monoisotopic (exact) mass is 583 g/mol. The number of carbonyl (C=O) groups is 2. The molecule has 4 atom stereocenters. The first-order valence-electron chi connectivity index (χ1n) is 14.8. The maximum atomic E-state index is 13.1. The lowest BCUT2D eigenvalue weighted by molar-refractivity contribution is -0.152. The molecule has 0 N–H and O–H groups in total. The number of ether oxygens (including phenoxy) is 3. The third-order valence-corrected chi connectivity index (χ3v) is 12.8. The first kappa shape index (κ1) is 33.0. The van der Waals surface area contributed by atoms with Crippen LogP contribution in [0.3, 0.4) is 0 Å². The van der Waals surface area contributed by atoms with Crippen molar-refractivity contribution in [3.63, 3.8) is 0 Å². The van der Waals surface area contributed by atoms with Crippen molar-refractivity contribution in [1.82, 2.24) is 4.90 Å². The average Bonchev–Trinajstić information content (AvgIpc) is 2.92. The Labute approximate surface area is 247 Å². The van der Waals surface area contributed by atoms with E-state index in [2.05, 4.69) is 52.9 Å². The van der Waals surface area contributed by atoms with Crippen molar-refractivity contribution in [2.75, 3.05) is 13.2 Å². The number of carbonyl (C=O) groups excluding carboxylic acids is 2. The van der Waals surface area contributed by atoms with Gasteiger partial charge >= 0.3 is 6.09 Å². The van der Waals surface area contributed by atoms with Gasteiger partial charge in [0.2, 0.25) is 5.91 Å². The van der Waals surface area contributed by atoms with E-state index < -0.39 is 20.5 Å². The lowest BCUT2D eigenvalue weighted by Crippen LogP contribution is -2.56. The summed E-state index contributed by atoms with van der Waals surface area (Å²) in [6, 6.07) is 19.6. The summed E-state index contributed by atoms with van der Waals surface area (Å²) in [4.78, 5) is 26.9. The van der Waals surface area contributed by atoms with E-state index in [0.29, 0.717) is 13.2 Å². The Hall–Kier alpha value is -2.52. The van der Waals surface area contributed by atoms with Crippen LogP contribution >= 0.6 is 0 Å². The van der Waals surface area contributed by atoms with Crippen LogP contribution in [0.25, 0.3) is 0 Å². The van der Waals surface area contributed by atoms with Crippen molar-refractivity contribution < 1.29 is 28.2 Å². The molecule has 0 saturated carbocycles. The number of benzene rings is 2. The van der Waals surface area contributed by atoms with E-state index in [1.807, 2.05) is 48.5 Å². The Morgan fingerprint density at radius 1 is 0.951 bits per heavy atom. The highest BCUT2D eigenvalue weighted by Crippen LogP contribution is 2.40. The second kappa shape index (κ2) is 15.1. The van der Waals surface area contributed by atoms with Crippen molar-refractivity contribution >= 4 is 20.3 Å². The molecule has 2 aromatic rings. The molecule has 0 unspecified atom stereocenters. The predicted octanol–water partition coefficient (Wildman–Crippen LogP) is 7.35. The molecule has 1 fully saturated rings. The van der Waals surface area contributed by atoms with Crippen LogP contribution in [-0.4, -0.2) is 56.7 Å². The van der Waals surface area contributed by atoms with E-state index in [9.17, 15) is 9.59 Å². The van der Waals surface area contributed by atoms with Crippen LogP contribution in [0.4, 0.5) is 4.79 Å². The minimum absolute atomic E-state index is 0.0165. The minimum Gasteiger partial charge on any atom is -0.444 e. The molecular formula is C33H49NO6Si. The maximum Gasteiger partial charge on any atom is 0.416 e. The van der Waals surface area contributed by atoms with Crippen LogP contribution < -0.4 is 0 Å². The van der Waals surface area contributed by atoms with Gasteiger partial charge in [0.15, 0.2) is 8.32 Å². The molecule has 41 heavy (non-hydrogen) atoms. The van der Waals surface area contributed by atoms with Crippen LogP contribution in [0.5, 0.6) is 0 Å². The van der Waals surface area contributed by atoms with Gasteiger partial charge in [0.25, 0.3) is 0 Å². The van der Waals surface area contributed by atoms with Crippen LogP contribution in [0.1, 0.15) is 65.0 Å². The van der Waals surface area contributed by atoms with Gasteiger partial charge in [-0.15, -0.1) is 0 Å². The number of imide groups is 1. The van der Waals surface area contributed by atoms with Gasteiger partial charge in [-0.2, -0.15) is 0 Å². The van der Waals surface area contributed by atoms with Gasteiger partial charge in [-0.1, -0.05) is 88.4 Å². The molecule has 1 heterocycles. The molecule has 0 aliphatic carbocycles. The first-order chi connectivity index (χ1) is 19.4. The second-order valence-corrected chi connectivity index (χ2v) is 17.4. The van der Waals surface area contributed by atoms with Gasteiger partial charge in [-0.25, -0.2) is 9.69 Å². The normalized spacial score (nSPS) is 21.3. The lowest BCUT2D eigenvalue weighted by Gasteiger charge is -2.47. The Balaban J connectivity index is 1.67. The van der Waals surface area contributed by atoms with Crippen molar-refractivity contribution in [3.05, 3.63) is 71.8 Å². The number of nitrogens with zero attached hydrogens (tertiary/aromatic N) is 1. The standard InChI is InChI=1S/C33H49NO6Si/c1-25-21-30(40-41(6,7)33(3,4)5)31(39-29(25)19-14-20-37-23-27-15-10-8-11-16-27)22-34(26(2)35)32(36)38-24-28-17-12-9-13-18-28/h8-13,15-18,25,29-31H,14,19-24H2,1-7H3/t25-,29-,30-,31+/m0/s1. The number of amides is 2. The summed E-state index contributed by atoms with van der Waals surface area (Å²) in [6.45, 7) is 16.1. The Morgan fingerprint density at radius 2 is 1.54 bits per heavy atom. The average molecular weight is 584 g/mol. The molecule has 2 aromatic carbocycles. The van der Waals surface area contributed by atoms with Crippen molar-refractivity contribution in [2.45, 2.75) is 104 Å². The number of rotatable bonds is 12. The molecular weight excluding hydrogens is 534 g/mol. The third-order valence-electron chi connectivity index (χ3n) is 8.31. The van der Waals surface area contributed by atoms with Crippen molar-refractivity contribution in [1.29, 1.82) is 0 Å². The molecule has 1 saturated heterocycles. The smallest absolute Gasteiger partial charge is 0.416 e. The zero-order valence-corrected chi connectivity index (χ0v) is 26.9. The summed E-state index contributed by atoms with van der Waals surface area (Å²) in [6.07, 6.45) is 1.14. The summed E-state index contributed by atoms with van der Waals surface area (Å²) in [7, 11) is -2.14. The highest BCUT2D eigenvalue weighted by atomic mass is 28.4. The van der Waals surface area contributed by atoms with Crippen LogP contribution in [0, 0.1) is 5.92 Å². The van der Waals surface area contributed by atoms with Crippen LogP contribution in [-0.2, 0) is 36.6 Å². The fourth-order valence-corrected chi connectivity index (χ4v) is 6.13. The van der Waals surface area contributed by atoms with Gasteiger partial charge < -0.3 is 18.6 Å². The van der Waals surface area contributed by atoms with Crippen LogP contribution in [0.2, 0.25) is 18.1 Å². The summed E-state index contributed by atoms with van der Waals surface area (Å²) < 4.78 is 24.9. The predicted molar refractivity (Wildman–Crippen MR) is 164 cm³/mol. The van der Waals surface area contributed by atoms with Crippen molar-refractivity contribution in [2.24, 2.45) is 5.92 Å². The zero-order valence-electron chi connectivity index (χ0n) is 25.9. The first-order valence-corrected chi connectivity index (χ1v) is 17.7. The highest BCUT2D eigenvalue weighted by Gasteiger charge is 2.45. The topological polar surface area (TPSA) is 74.3 Å². The molecule has 7 nitrogen and oxygen atoms in total. The Kier molecular flexibility index (Phi) is 12.1. The molecule has 0 aromatic heterocycles. The summed E-state index contributed by atoms with van der Waals surface area (Å²) in [5, 5.41) is 0.0165. The van der Waals surface area contributed by atoms with E-state index in [-0.39, 0.29) is 42.2 Å². The number of hydrogen-bond donors (Lipinski definition) is 0. The van der Waals surface area contributed by atoms with Gasteiger partial charge in [-0.3, -0.25) is 4.79 Å². The van der Waals surface area contributed by atoms with E-state index in [4.69, 9.17) is 18.6 Å². The number of hydrogen-bond acceptors (Lipinski definition) is 6. The van der Waals surface area contributed by atoms with Gasteiger partial charge in [-0.05, 0) is 54.4 Å². The molecule has 1 aliphatic rings. The van der Waals surface area contributed by atoms with Gasteiger partial charge in [0.1, 0.15) is 12.7 Å². The fraction of sp³-hybridized carbons (Fsp3) is 0.576. The largest absolute Gasteiger partial charge is 0.444 e. The summed E-state index contributed by atoms with van der Waals surface area (Å²) >= 11 is 0. The molecule has 8 heteroatoms. The van der Waals surface area contributed by atoms with E-state index in [1.54, 1.807) is 0 Å². The van der Waals surface area contributed by atoms with E-state index in [1.165, 1.54) is 6.92 Å². The second-order valence-electron chi connectivity index (χ2n) is 12.7. The van der Waals surface area contributed by atoms with Gasteiger partial charge in [0, 0.05) is 13.5 Å². The quantitative estimate of drug-likeness (QED) is 0.192. The highest BCUT2D eigenvalue weighted by molar-refractivity contribution is 6.74. The van der Waals surface area contributed by atoms with Crippen LogP contribution in [0.15, 0.2) is 60.7 Å². The molecule has 0 bridgehead atoms. The molecule has 0 radical (unpaired) electrons. The van der Waals surface area contributed by atoms with E-state index in [0.717, 1.165) is 35.3 Å². The zero-order chi connectivity index (χ0) is 30.0. The molecule has 2 amide bonds. The Morgan fingerprint density at radius 3 is 2.10 bits per heavy atom. The fourth-order valence-electron chi connectivity index (χ4n) is 4.77. The summed E-state index contributed by atoms with van der Waals surface area (Å²) in [5.74, 6) is -0.104. The molecule has 0 spiro atoms. The molecule has 3 rings (SSSR count). The molecule has 226 valence electrons. The Bertz CT molecular complexity index is 1090. The lowest BCUT2D eigenvalue weighted by atomic mass is 9.88. The third kappa shape index (κ3) is 10.1. The van der Waals surface area contributed by atoms with Gasteiger partial charge in [0.05, 0.1) is 25.4 Å². The molecule has 1 aliphatic heterocycles. The van der Waals surface area contributed by atoms with E-state index >= 15 is 0 Å².